The summed E-state index contributed by atoms with van der Waals surface area (Å²) in [4.78, 5) is 20.0. The number of nitrogens with zero attached hydrogens (tertiary/aromatic N) is 2. The molecule has 0 aliphatic heterocycles. The van der Waals surface area contributed by atoms with Gasteiger partial charge in [0.15, 0.2) is 0 Å². The first-order valence-corrected chi connectivity index (χ1v) is 7.33. The Labute approximate surface area is 117 Å². The van der Waals surface area contributed by atoms with E-state index in [2.05, 4.69) is 22.2 Å². The summed E-state index contributed by atoms with van der Waals surface area (Å²) in [5, 5.41) is 4.01. The van der Waals surface area contributed by atoms with Gasteiger partial charge < -0.3 is 5.32 Å². The van der Waals surface area contributed by atoms with Crippen molar-refractivity contribution < 1.29 is 4.79 Å². The minimum absolute atomic E-state index is 0.00164. The average Bonchev–Trinajstić information content (AvgIpc) is 2.25. The molecule has 0 unspecified atom stereocenters. The Hall–Kier alpha value is -0.810. The zero-order chi connectivity index (χ0) is 13.5. The number of rotatable bonds is 6. The summed E-state index contributed by atoms with van der Waals surface area (Å²) in [6, 6.07) is 1.84. The molecule has 1 aromatic rings. The van der Waals surface area contributed by atoms with Gasteiger partial charge in [0.05, 0.1) is 5.75 Å². The second kappa shape index (κ2) is 7.59. The smallest absolute Gasteiger partial charge is 0.230 e. The molecule has 0 radical (unpaired) electrons. The molecule has 0 saturated heterocycles. The van der Waals surface area contributed by atoms with E-state index >= 15 is 0 Å². The van der Waals surface area contributed by atoms with Crippen molar-refractivity contribution in [1.82, 2.24) is 15.3 Å². The zero-order valence-corrected chi connectivity index (χ0v) is 12.4. The topological polar surface area (TPSA) is 54.9 Å². The molecule has 0 fully saturated rings. The van der Waals surface area contributed by atoms with Crippen molar-refractivity contribution in [3.63, 3.8) is 0 Å². The Morgan fingerprint density at radius 2 is 2.22 bits per heavy atom. The maximum Gasteiger partial charge on any atom is 0.230 e. The van der Waals surface area contributed by atoms with E-state index < -0.39 is 0 Å². The fourth-order valence-electron chi connectivity index (χ4n) is 1.35. The Kier molecular flexibility index (Phi) is 6.43. The Morgan fingerprint density at radius 1 is 1.50 bits per heavy atom. The molecule has 0 aromatic carbocycles. The first-order chi connectivity index (χ1) is 8.51. The predicted molar refractivity (Wildman–Crippen MR) is 75.0 cm³/mol. The highest BCUT2D eigenvalue weighted by Gasteiger charge is 2.07. The van der Waals surface area contributed by atoms with E-state index in [1.54, 1.807) is 6.07 Å². The van der Waals surface area contributed by atoms with Gasteiger partial charge in [-0.1, -0.05) is 30.3 Å². The fourth-order valence-corrected chi connectivity index (χ4v) is 2.35. The summed E-state index contributed by atoms with van der Waals surface area (Å²) in [7, 11) is 0. The minimum atomic E-state index is 0.00164. The van der Waals surface area contributed by atoms with Crippen LogP contribution in [0.3, 0.4) is 0 Å². The molecular formula is C12H18ClN3OS. The van der Waals surface area contributed by atoms with E-state index in [9.17, 15) is 4.79 Å². The van der Waals surface area contributed by atoms with E-state index in [0.717, 1.165) is 23.7 Å². The van der Waals surface area contributed by atoms with Gasteiger partial charge in [0.1, 0.15) is 16.0 Å². The molecule has 18 heavy (non-hydrogen) atoms. The van der Waals surface area contributed by atoms with Crippen molar-refractivity contribution in [3.8, 4) is 0 Å². The Morgan fingerprint density at radius 3 is 2.83 bits per heavy atom. The van der Waals surface area contributed by atoms with Gasteiger partial charge in [-0.05, 0) is 20.3 Å². The third-order valence-electron chi connectivity index (χ3n) is 1.99. The zero-order valence-electron chi connectivity index (χ0n) is 10.9. The summed E-state index contributed by atoms with van der Waals surface area (Å²) in [5.41, 5.74) is 0. The van der Waals surface area contributed by atoms with Crippen molar-refractivity contribution in [2.24, 2.45) is 0 Å². The van der Waals surface area contributed by atoms with Crippen molar-refractivity contribution in [2.75, 3.05) is 5.75 Å². The summed E-state index contributed by atoms with van der Waals surface area (Å²) < 4.78 is 0. The number of thioether (sulfide) groups is 1. The summed E-state index contributed by atoms with van der Waals surface area (Å²) >= 11 is 7.30. The quantitative estimate of drug-likeness (QED) is 0.646. The van der Waals surface area contributed by atoms with Crippen LogP contribution in [0.4, 0.5) is 0 Å². The van der Waals surface area contributed by atoms with Crippen LogP contribution in [0.1, 0.15) is 33.0 Å². The molecule has 4 nitrogen and oxygen atoms in total. The van der Waals surface area contributed by atoms with E-state index in [4.69, 9.17) is 11.6 Å². The highest BCUT2D eigenvalue weighted by atomic mass is 35.5. The largest absolute Gasteiger partial charge is 0.353 e. The SMILES string of the molecule is CCCc1nc(Cl)cc(SCC(=O)NC(C)C)n1. The van der Waals surface area contributed by atoms with Gasteiger partial charge in [0, 0.05) is 18.5 Å². The number of carbonyl (C=O) groups excluding carboxylic acids is 1. The molecular weight excluding hydrogens is 270 g/mol. The molecule has 0 aliphatic rings. The van der Waals surface area contributed by atoms with Gasteiger partial charge >= 0.3 is 0 Å². The lowest BCUT2D eigenvalue weighted by atomic mass is 10.3. The van der Waals surface area contributed by atoms with Crippen LogP contribution in [0.15, 0.2) is 11.1 Å². The van der Waals surface area contributed by atoms with Crippen molar-refractivity contribution in [3.05, 3.63) is 17.0 Å². The number of aryl methyl sites for hydroxylation is 1. The van der Waals surface area contributed by atoms with Crippen LogP contribution in [-0.2, 0) is 11.2 Å². The average molecular weight is 288 g/mol. The molecule has 0 atom stereocenters. The summed E-state index contributed by atoms with van der Waals surface area (Å²) in [6.07, 6.45) is 1.77. The van der Waals surface area contributed by atoms with Crippen LogP contribution >= 0.6 is 23.4 Å². The fraction of sp³-hybridized carbons (Fsp3) is 0.583. The Balaban J connectivity index is 2.58. The standard InChI is InChI=1S/C12H18ClN3OS/c1-4-5-10-15-9(13)6-12(16-10)18-7-11(17)14-8(2)3/h6,8H,4-5,7H2,1-3H3,(H,14,17). The van der Waals surface area contributed by atoms with Gasteiger partial charge in [-0.3, -0.25) is 4.79 Å². The molecule has 1 rings (SSSR count). The lowest BCUT2D eigenvalue weighted by Gasteiger charge is -2.08. The molecule has 0 aliphatic carbocycles. The number of aromatic nitrogens is 2. The summed E-state index contributed by atoms with van der Waals surface area (Å²) in [6.45, 7) is 5.93. The highest BCUT2D eigenvalue weighted by molar-refractivity contribution is 7.99. The van der Waals surface area contributed by atoms with Crippen LogP contribution in [0.5, 0.6) is 0 Å². The van der Waals surface area contributed by atoms with E-state index in [1.807, 2.05) is 13.8 Å². The van der Waals surface area contributed by atoms with Crippen LogP contribution < -0.4 is 5.32 Å². The van der Waals surface area contributed by atoms with Gasteiger partial charge in [-0.15, -0.1) is 0 Å². The highest BCUT2D eigenvalue weighted by Crippen LogP contribution is 2.19. The second-order valence-electron chi connectivity index (χ2n) is 4.21. The van der Waals surface area contributed by atoms with E-state index in [-0.39, 0.29) is 11.9 Å². The van der Waals surface area contributed by atoms with Gasteiger partial charge in [-0.25, -0.2) is 9.97 Å². The van der Waals surface area contributed by atoms with Crippen LogP contribution in [0, 0.1) is 0 Å². The normalized spacial score (nSPS) is 10.7. The van der Waals surface area contributed by atoms with Crippen LogP contribution in [-0.4, -0.2) is 27.7 Å². The van der Waals surface area contributed by atoms with E-state index in [0.29, 0.717) is 10.9 Å². The number of halogens is 1. The van der Waals surface area contributed by atoms with Crippen molar-refractivity contribution in [2.45, 2.75) is 44.7 Å². The molecule has 1 heterocycles. The number of hydrogen-bond donors (Lipinski definition) is 1. The third kappa shape index (κ3) is 5.69. The molecule has 6 heteroatoms. The Bertz CT molecular complexity index is 412. The molecule has 1 aromatic heterocycles. The molecule has 0 saturated carbocycles. The van der Waals surface area contributed by atoms with Gasteiger partial charge in [-0.2, -0.15) is 0 Å². The number of amides is 1. The third-order valence-corrected chi connectivity index (χ3v) is 3.10. The minimum Gasteiger partial charge on any atom is -0.353 e. The van der Waals surface area contributed by atoms with Gasteiger partial charge in [0.2, 0.25) is 5.91 Å². The molecule has 100 valence electrons. The summed E-state index contributed by atoms with van der Waals surface area (Å²) in [5.74, 6) is 1.08. The first-order valence-electron chi connectivity index (χ1n) is 5.97. The van der Waals surface area contributed by atoms with Crippen molar-refractivity contribution >= 4 is 29.3 Å². The number of nitrogens with one attached hydrogen (secondary N) is 1. The first kappa shape index (κ1) is 15.2. The maximum absolute atomic E-state index is 11.5. The molecule has 1 amide bonds. The number of carbonyl (C=O) groups is 1. The van der Waals surface area contributed by atoms with E-state index in [1.165, 1.54) is 11.8 Å². The van der Waals surface area contributed by atoms with Crippen LogP contribution in [0.25, 0.3) is 0 Å². The molecule has 0 spiro atoms. The molecule has 0 bridgehead atoms. The van der Waals surface area contributed by atoms with Crippen molar-refractivity contribution in [1.29, 1.82) is 0 Å². The van der Waals surface area contributed by atoms with Crippen LogP contribution in [0.2, 0.25) is 5.15 Å². The maximum atomic E-state index is 11.5. The monoisotopic (exact) mass is 287 g/mol. The second-order valence-corrected chi connectivity index (χ2v) is 5.59. The number of hydrogen-bond acceptors (Lipinski definition) is 4. The van der Waals surface area contributed by atoms with Gasteiger partial charge in [0.25, 0.3) is 0 Å². The predicted octanol–water partition coefficient (Wildman–Crippen LogP) is 2.70. The lowest BCUT2D eigenvalue weighted by molar-refractivity contribution is -0.119. The lowest BCUT2D eigenvalue weighted by Crippen LogP contribution is -2.31. The molecule has 1 N–H and O–H groups in total.